The summed E-state index contributed by atoms with van der Waals surface area (Å²) in [4.78, 5) is 12.4. The number of aryl methyl sites for hydroxylation is 1. The molecule has 2 rings (SSSR count). The number of carbonyl (C=O) groups is 1. The molecule has 0 aliphatic heterocycles. The van der Waals surface area contributed by atoms with Crippen molar-refractivity contribution in [2.45, 2.75) is 37.1 Å². The van der Waals surface area contributed by atoms with Crippen molar-refractivity contribution < 1.29 is 13.2 Å². The van der Waals surface area contributed by atoms with Crippen LogP contribution in [0.2, 0.25) is 0 Å². The molecule has 0 bridgehead atoms. The monoisotopic (exact) mass is 385 g/mol. The molecule has 0 spiro atoms. The van der Waals surface area contributed by atoms with Gasteiger partial charge in [0, 0.05) is 24.6 Å². The van der Waals surface area contributed by atoms with Gasteiger partial charge in [-0.2, -0.15) is 5.26 Å². The van der Waals surface area contributed by atoms with E-state index in [0.29, 0.717) is 0 Å². The number of amides is 1. The van der Waals surface area contributed by atoms with Crippen LogP contribution < -0.4 is 10.0 Å². The molecule has 2 aromatic rings. The van der Waals surface area contributed by atoms with Crippen molar-refractivity contribution >= 4 is 15.9 Å². The van der Waals surface area contributed by atoms with Crippen molar-refractivity contribution in [3.05, 3.63) is 65.7 Å². The van der Waals surface area contributed by atoms with Gasteiger partial charge in [-0.1, -0.05) is 36.4 Å². The molecule has 2 aromatic carbocycles. The van der Waals surface area contributed by atoms with Gasteiger partial charge in [-0.15, -0.1) is 0 Å². The van der Waals surface area contributed by atoms with Gasteiger partial charge in [0.25, 0.3) is 5.91 Å². The first-order valence-corrected chi connectivity index (χ1v) is 10.2. The lowest BCUT2D eigenvalue weighted by Gasteiger charge is -2.14. The van der Waals surface area contributed by atoms with Crippen molar-refractivity contribution in [1.82, 2.24) is 10.0 Å². The summed E-state index contributed by atoms with van der Waals surface area (Å²) in [5, 5.41) is 11.4. The summed E-state index contributed by atoms with van der Waals surface area (Å²) in [6.07, 6.45) is 1.71. The molecule has 0 heterocycles. The topological polar surface area (TPSA) is 99.1 Å². The summed E-state index contributed by atoms with van der Waals surface area (Å²) < 4.78 is 26.8. The molecule has 0 fully saturated rings. The highest BCUT2D eigenvalue weighted by atomic mass is 32.2. The first-order valence-electron chi connectivity index (χ1n) is 8.74. The Morgan fingerprint density at radius 1 is 1.15 bits per heavy atom. The molecule has 2 N–H and O–H groups in total. The molecule has 0 aliphatic rings. The number of nitrogens with one attached hydrogen (secondary N) is 2. The van der Waals surface area contributed by atoms with E-state index < -0.39 is 10.0 Å². The molecule has 1 amide bonds. The van der Waals surface area contributed by atoms with Gasteiger partial charge in [-0.05, 0) is 43.5 Å². The van der Waals surface area contributed by atoms with E-state index in [2.05, 4.69) is 10.0 Å². The number of carbonyl (C=O) groups excluding carboxylic acids is 1. The van der Waals surface area contributed by atoms with Crippen LogP contribution in [-0.4, -0.2) is 26.9 Å². The van der Waals surface area contributed by atoms with Crippen LogP contribution in [0.5, 0.6) is 0 Å². The fraction of sp³-hybridized carbons (Fsp3) is 0.300. The molecule has 1 atom stereocenters. The summed E-state index contributed by atoms with van der Waals surface area (Å²) in [5.74, 6) is -0.315. The second-order valence-electron chi connectivity index (χ2n) is 6.23. The number of nitriles is 1. The third-order valence-electron chi connectivity index (χ3n) is 4.02. The lowest BCUT2D eigenvalue weighted by atomic mass is 10.1. The maximum atomic E-state index is 12.4. The first kappa shape index (κ1) is 20.6. The molecule has 7 heteroatoms. The number of sulfonamides is 1. The molecule has 0 radical (unpaired) electrons. The molecule has 0 saturated carbocycles. The van der Waals surface area contributed by atoms with Gasteiger partial charge >= 0.3 is 0 Å². The third-order valence-corrected chi connectivity index (χ3v) is 5.48. The molecular formula is C20H23N3O3S. The minimum Gasteiger partial charge on any atom is -0.350 e. The van der Waals surface area contributed by atoms with Crippen LogP contribution in [0.4, 0.5) is 0 Å². The summed E-state index contributed by atoms with van der Waals surface area (Å²) >= 11 is 0. The Bertz CT molecular complexity index is 906. The van der Waals surface area contributed by atoms with E-state index in [0.717, 1.165) is 12.8 Å². The molecule has 0 aliphatic carbocycles. The van der Waals surface area contributed by atoms with Crippen LogP contribution in [-0.2, 0) is 16.4 Å². The first-order chi connectivity index (χ1) is 12.9. The van der Waals surface area contributed by atoms with Gasteiger partial charge in [0.2, 0.25) is 10.0 Å². The highest BCUT2D eigenvalue weighted by Crippen LogP contribution is 2.12. The lowest BCUT2D eigenvalue weighted by Crippen LogP contribution is -2.33. The van der Waals surface area contributed by atoms with Crippen molar-refractivity contribution in [3.63, 3.8) is 0 Å². The van der Waals surface area contributed by atoms with E-state index in [1.807, 2.05) is 43.3 Å². The van der Waals surface area contributed by atoms with Gasteiger partial charge in [-0.25, -0.2) is 13.1 Å². The van der Waals surface area contributed by atoms with E-state index in [4.69, 9.17) is 5.26 Å². The van der Waals surface area contributed by atoms with Gasteiger partial charge in [0.05, 0.1) is 11.0 Å². The van der Waals surface area contributed by atoms with E-state index in [-0.39, 0.29) is 35.4 Å². The molecule has 6 nitrogen and oxygen atoms in total. The minimum atomic E-state index is -3.74. The largest absolute Gasteiger partial charge is 0.350 e. The highest BCUT2D eigenvalue weighted by molar-refractivity contribution is 7.89. The Morgan fingerprint density at radius 3 is 2.59 bits per heavy atom. The SMILES string of the molecule is C[C@H](CCc1ccccc1)NC(=O)c1cccc(S(=O)(=O)NCCC#N)c1. The predicted octanol–water partition coefficient (Wildman–Crippen LogP) is 2.63. The molecule has 0 saturated heterocycles. The summed E-state index contributed by atoms with van der Waals surface area (Å²) in [7, 11) is -3.74. The second kappa shape index (κ2) is 9.86. The third kappa shape index (κ3) is 6.51. The number of hydrogen-bond donors (Lipinski definition) is 2. The summed E-state index contributed by atoms with van der Waals surface area (Å²) in [5.41, 5.74) is 1.49. The zero-order valence-electron chi connectivity index (χ0n) is 15.2. The van der Waals surface area contributed by atoms with Gasteiger partial charge < -0.3 is 5.32 Å². The summed E-state index contributed by atoms with van der Waals surface area (Å²) in [6.45, 7) is 1.96. The Hall–Kier alpha value is -2.69. The maximum absolute atomic E-state index is 12.4. The normalized spacial score (nSPS) is 12.1. The number of benzene rings is 2. The van der Waals surface area contributed by atoms with Crippen LogP contribution in [0.3, 0.4) is 0 Å². The average molecular weight is 385 g/mol. The van der Waals surface area contributed by atoms with Crippen molar-refractivity contribution in [2.24, 2.45) is 0 Å². The number of hydrogen-bond acceptors (Lipinski definition) is 4. The van der Waals surface area contributed by atoms with Crippen molar-refractivity contribution in [1.29, 1.82) is 5.26 Å². The second-order valence-corrected chi connectivity index (χ2v) is 8.00. The number of rotatable bonds is 9. The fourth-order valence-corrected chi connectivity index (χ4v) is 3.61. The fourth-order valence-electron chi connectivity index (χ4n) is 2.54. The molecule has 27 heavy (non-hydrogen) atoms. The lowest BCUT2D eigenvalue weighted by molar-refractivity contribution is 0.0938. The zero-order chi connectivity index (χ0) is 19.7. The van der Waals surface area contributed by atoms with Crippen LogP contribution in [0.1, 0.15) is 35.7 Å². The average Bonchev–Trinajstić information content (AvgIpc) is 2.67. The Morgan fingerprint density at radius 2 is 1.89 bits per heavy atom. The van der Waals surface area contributed by atoms with E-state index >= 15 is 0 Å². The van der Waals surface area contributed by atoms with Crippen LogP contribution in [0, 0.1) is 11.3 Å². The van der Waals surface area contributed by atoms with E-state index in [1.54, 1.807) is 6.07 Å². The van der Waals surface area contributed by atoms with Gasteiger partial charge in [0.15, 0.2) is 0 Å². The molecule has 0 aromatic heterocycles. The van der Waals surface area contributed by atoms with Crippen LogP contribution in [0.25, 0.3) is 0 Å². The van der Waals surface area contributed by atoms with Crippen LogP contribution in [0.15, 0.2) is 59.5 Å². The zero-order valence-corrected chi connectivity index (χ0v) is 16.0. The smallest absolute Gasteiger partial charge is 0.251 e. The van der Waals surface area contributed by atoms with E-state index in [9.17, 15) is 13.2 Å². The standard InChI is InChI=1S/C20H23N3O3S/c1-16(11-12-17-7-3-2-4-8-17)23-20(24)18-9-5-10-19(15-18)27(25,26)22-14-6-13-21/h2-5,7-10,15-16,22H,6,11-12,14H2,1H3,(H,23,24)/t16-/m1/s1. The quantitative estimate of drug-likeness (QED) is 0.648. The molecule has 0 unspecified atom stereocenters. The Kier molecular flexibility index (Phi) is 7.53. The van der Waals surface area contributed by atoms with Crippen LogP contribution >= 0.6 is 0 Å². The predicted molar refractivity (Wildman–Crippen MR) is 104 cm³/mol. The minimum absolute atomic E-state index is 0.00466. The molecular weight excluding hydrogens is 362 g/mol. The van der Waals surface area contributed by atoms with Gasteiger partial charge in [-0.3, -0.25) is 4.79 Å². The number of nitrogens with zero attached hydrogens (tertiary/aromatic N) is 1. The summed E-state index contributed by atoms with van der Waals surface area (Å²) in [6, 6.07) is 17.7. The van der Waals surface area contributed by atoms with Crippen molar-refractivity contribution in [3.8, 4) is 6.07 Å². The Labute approximate surface area is 160 Å². The Balaban J connectivity index is 1.97. The van der Waals surface area contributed by atoms with Crippen molar-refractivity contribution in [2.75, 3.05) is 6.54 Å². The highest BCUT2D eigenvalue weighted by Gasteiger charge is 2.16. The maximum Gasteiger partial charge on any atom is 0.251 e. The van der Waals surface area contributed by atoms with Gasteiger partial charge in [0.1, 0.15) is 0 Å². The molecule has 142 valence electrons. The van der Waals surface area contributed by atoms with E-state index in [1.165, 1.54) is 23.8 Å².